The maximum absolute atomic E-state index is 10.8. The van der Waals surface area contributed by atoms with Gasteiger partial charge in [0, 0.05) is 24.2 Å². The molecule has 0 aliphatic heterocycles. The Morgan fingerprint density at radius 2 is 2.05 bits per heavy atom. The summed E-state index contributed by atoms with van der Waals surface area (Å²) in [7, 11) is -3.40. The van der Waals surface area contributed by atoms with Gasteiger partial charge in [-0.2, -0.15) is 0 Å². The summed E-state index contributed by atoms with van der Waals surface area (Å²) in [6, 6.07) is 9.90. The van der Waals surface area contributed by atoms with Gasteiger partial charge in [0.25, 0.3) is 0 Å². The molecule has 1 aromatic carbocycles. The molecule has 0 saturated heterocycles. The van der Waals surface area contributed by atoms with Crippen LogP contribution in [0.3, 0.4) is 0 Å². The molecule has 0 bridgehead atoms. The number of nitrogens with two attached hydrogens (primary N) is 1. The third-order valence-corrected chi connectivity index (χ3v) is 3.58. The van der Waals surface area contributed by atoms with Gasteiger partial charge in [-0.1, -0.05) is 18.2 Å². The average molecular weight is 279 g/mol. The van der Waals surface area contributed by atoms with Crippen LogP contribution in [0, 0.1) is 6.92 Å². The standard InChI is InChI=1S/C13H17N3O2S/c1-10-8-11(9-15-6-7-19(14,17)18)12-4-2-3-5-13(12)16-10/h2-5,8,15H,6-7,9H2,1H3,(H2,14,17,18). The molecule has 5 nitrogen and oxygen atoms in total. The molecule has 6 heteroatoms. The second-order valence-corrected chi connectivity index (χ2v) is 6.22. The Bertz CT molecular complexity index is 683. The van der Waals surface area contributed by atoms with E-state index in [1.165, 1.54) is 0 Å². The average Bonchev–Trinajstić information content (AvgIpc) is 2.33. The number of nitrogens with zero attached hydrogens (tertiary/aromatic N) is 1. The second kappa shape index (κ2) is 5.64. The van der Waals surface area contributed by atoms with Crippen LogP contribution in [0.1, 0.15) is 11.3 Å². The number of para-hydroxylation sites is 1. The number of aryl methyl sites for hydroxylation is 1. The van der Waals surface area contributed by atoms with Gasteiger partial charge >= 0.3 is 0 Å². The van der Waals surface area contributed by atoms with Crippen molar-refractivity contribution in [1.29, 1.82) is 0 Å². The first-order valence-corrected chi connectivity index (χ1v) is 7.74. The number of sulfonamides is 1. The Labute approximate surface area is 112 Å². The second-order valence-electron chi connectivity index (χ2n) is 4.48. The van der Waals surface area contributed by atoms with Crippen LogP contribution in [0.2, 0.25) is 0 Å². The number of aromatic nitrogens is 1. The zero-order chi connectivity index (χ0) is 13.9. The predicted molar refractivity (Wildman–Crippen MR) is 76.2 cm³/mol. The van der Waals surface area contributed by atoms with Crippen molar-refractivity contribution in [2.45, 2.75) is 13.5 Å². The minimum atomic E-state index is -3.40. The number of pyridine rings is 1. The van der Waals surface area contributed by atoms with Crippen molar-refractivity contribution in [3.8, 4) is 0 Å². The van der Waals surface area contributed by atoms with Gasteiger partial charge in [-0.15, -0.1) is 0 Å². The molecule has 0 saturated carbocycles. The fourth-order valence-corrected chi connectivity index (χ4v) is 2.41. The van der Waals surface area contributed by atoms with E-state index in [-0.39, 0.29) is 5.75 Å². The van der Waals surface area contributed by atoms with Crippen LogP contribution in [-0.2, 0) is 16.6 Å². The highest BCUT2D eigenvalue weighted by Gasteiger charge is 2.05. The first-order chi connectivity index (χ1) is 8.96. The lowest BCUT2D eigenvalue weighted by molar-refractivity contribution is 0.592. The van der Waals surface area contributed by atoms with Gasteiger partial charge in [-0.05, 0) is 24.6 Å². The molecule has 0 aliphatic carbocycles. The molecule has 102 valence electrons. The lowest BCUT2D eigenvalue weighted by Crippen LogP contribution is -2.26. The minimum Gasteiger partial charge on any atom is -0.312 e. The molecule has 1 heterocycles. The molecule has 0 atom stereocenters. The third kappa shape index (κ3) is 3.99. The highest BCUT2D eigenvalue weighted by Crippen LogP contribution is 2.17. The van der Waals surface area contributed by atoms with E-state index in [0.29, 0.717) is 13.1 Å². The highest BCUT2D eigenvalue weighted by atomic mass is 32.2. The molecule has 0 aliphatic rings. The third-order valence-electron chi connectivity index (χ3n) is 2.81. The van der Waals surface area contributed by atoms with E-state index >= 15 is 0 Å². The van der Waals surface area contributed by atoms with Crippen LogP contribution in [0.4, 0.5) is 0 Å². The number of primary sulfonamides is 1. The molecule has 2 rings (SSSR count). The monoisotopic (exact) mass is 279 g/mol. The molecule has 1 aromatic heterocycles. The Morgan fingerprint density at radius 1 is 1.32 bits per heavy atom. The maximum Gasteiger partial charge on any atom is 0.210 e. The Hall–Kier alpha value is -1.50. The molecule has 0 unspecified atom stereocenters. The van der Waals surface area contributed by atoms with E-state index in [9.17, 15) is 8.42 Å². The molecule has 3 N–H and O–H groups in total. The first-order valence-electron chi connectivity index (χ1n) is 6.02. The van der Waals surface area contributed by atoms with Crippen molar-refractivity contribution in [2.24, 2.45) is 5.14 Å². The number of rotatable bonds is 5. The molecule has 19 heavy (non-hydrogen) atoms. The molecule has 2 aromatic rings. The van der Waals surface area contributed by atoms with Gasteiger partial charge in [-0.3, -0.25) is 4.98 Å². The van der Waals surface area contributed by atoms with Gasteiger partial charge < -0.3 is 5.32 Å². The summed E-state index contributed by atoms with van der Waals surface area (Å²) in [5, 5.41) is 9.12. The maximum atomic E-state index is 10.8. The largest absolute Gasteiger partial charge is 0.312 e. The van der Waals surface area contributed by atoms with E-state index in [0.717, 1.165) is 22.2 Å². The summed E-state index contributed by atoms with van der Waals surface area (Å²) >= 11 is 0. The van der Waals surface area contributed by atoms with Crippen LogP contribution in [0.5, 0.6) is 0 Å². The van der Waals surface area contributed by atoms with Crippen LogP contribution in [0.25, 0.3) is 10.9 Å². The normalized spacial score (nSPS) is 11.9. The number of hydrogen-bond donors (Lipinski definition) is 2. The summed E-state index contributed by atoms with van der Waals surface area (Å²) < 4.78 is 21.7. The molecule has 0 spiro atoms. The first kappa shape index (κ1) is 13.9. The summed E-state index contributed by atoms with van der Waals surface area (Å²) in [6.07, 6.45) is 0. The van der Waals surface area contributed by atoms with Crippen LogP contribution >= 0.6 is 0 Å². The quantitative estimate of drug-likeness (QED) is 0.797. The molecular weight excluding hydrogens is 262 g/mol. The molecule has 0 amide bonds. The number of benzene rings is 1. The minimum absolute atomic E-state index is 0.0605. The van der Waals surface area contributed by atoms with Crippen molar-refractivity contribution in [2.75, 3.05) is 12.3 Å². The van der Waals surface area contributed by atoms with Gasteiger partial charge in [0.1, 0.15) is 0 Å². The lowest BCUT2D eigenvalue weighted by Gasteiger charge is -2.09. The van der Waals surface area contributed by atoms with E-state index in [1.807, 2.05) is 37.3 Å². The predicted octanol–water partition coefficient (Wildman–Crippen LogP) is 0.921. The zero-order valence-corrected chi connectivity index (χ0v) is 11.6. The van der Waals surface area contributed by atoms with Gasteiger partial charge in [0.15, 0.2) is 0 Å². The van der Waals surface area contributed by atoms with Gasteiger partial charge in [0.05, 0.1) is 11.3 Å². The SMILES string of the molecule is Cc1cc(CNCCS(N)(=O)=O)c2ccccc2n1. The molecule has 0 radical (unpaired) electrons. The van der Waals surface area contributed by atoms with E-state index in [4.69, 9.17) is 5.14 Å². The van der Waals surface area contributed by atoms with Crippen molar-refractivity contribution < 1.29 is 8.42 Å². The molecular formula is C13H17N3O2S. The van der Waals surface area contributed by atoms with E-state index in [1.54, 1.807) is 0 Å². The van der Waals surface area contributed by atoms with Crippen LogP contribution in [-0.4, -0.2) is 25.7 Å². The fraction of sp³-hybridized carbons (Fsp3) is 0.308. The van der Waals surface area contributed by atoms with Gasteiger partial charge in [-0.25, -0.2) is 13.6 Å². The summed E-state index contributed by atoms with van der Waals surface area (Å²) in [4.78, 5) is 4.46. The number of hydrogen-bond acceptors (Lipinski definition) is 4. The summed E-state index contributed by atoms with van der Waals surface area (Å²) in [6.45, 7) is 2.88. The topological polar surface area (TPSA) is 85.1 Å². The summed E-state index contributed by atoms with van der Waals surface area (Å²) in [5.41, 5.74) is 3.00. The van der Waals surface area contributed by atoms with Crippen molar-refractivity contribution >= 4 is 20.9 Å². The molecule has 0 fully saturated rings. The lowest BCUT2D eigenvalue weighted by atomic mass is 10.1. The number of fused-ring (bicyclic) bond motifs is 1. The highest BCUT2D eigenvalue weighted by molar-refractivity contribution is 7.89. The van der Waals surface area contributed by atoms with E-state index < -0.39 is 10.0 Å². The smallest absolute Gasteiger partial charge is 0.210 e. The van der Waals surface area contributed by atoms with Crippen molar-refractivity contribution in [1.82, 2.24) is 10.3 Å². The van der Waals surface area contributed by atoms with Crippen LogP contribution in [0.15, 0.2) is 30.3 Å². The fourth-order valence-electron chi connectivity index (χ4n) is 1.98. The summed E-state index contributed by atoms with van der Waals surface area (Å²) in [5.74, 6) is -0.0605. The van der Waals surface area contributed by atoms with Crippen molar-refractivity contribution in [3.63, 3.8) is 0 Å². The van der Waals surface area contributed by atoms with E-state index in [2.05, 4.69) is 10.3 Å². The number of nitrogens with one attached hydrogen (secondary N) is 1. The zero-order valence-electron chi connectivity index (χ0n) is 10.8. The Morgan fingerprint density at radius 3 is 2.79 bits per heavy atom. The van der Waals surface area contributed by atoms with Gasteiger partial charge in [0.2, 0.25) is 10.0 Å². The Kier molecular flexibility index (Phi) is 4.14. The Balaban J connectivity index is 2.12. The van der Waals surface area contributed by atoms with Crippen LogP contribution < -0.4 is 10.5 Å². The van der Waals surface area contributed by atoms with Crippen molar-refractivity contribution in [3.05, 3.63) is 41.6 Å².